The maximum Gasteiger partial charge on any atom is 0.168 e. The SMILES string of the molecule is Fc1ccccc1-c1nc2ccccc2c(Cl)c1F. The van der Waals surface area contributed by atoms with Crippen LogP contribution >= 0.6 is 11.6 Å². The largest absolute Gasteiger partial charge is 0.244 e. The molecule has 0 aliphatic rings. The Morgan fingerprint density at radius 1 is 0.895 bits per heavy atom. The first-order chi connectivity index (χ1) is 9.18. The van der Waals surface area contributed by atoms with Crippen LogP contribution in [-0.2, 0) is 0 Å². The van der Waals surface area contributed by atoms with E-state index in [1.54, 1.807) is 36.4 Å². The lowest BCUT2D eigenvalue weighted by atomic mass is 10.1. The van der Waals surface area contributed by atoms with E-state index in [1.807, 2.05) is 0 Å². The van der Waals surface area contributed by atoms with E-state index in [-0.39, 0.29) is 16.3 Å². The maximum absolute atomic E-state index is 14.2. The first kappa shape index (κ1) is 12.1. The van der Waals surface area contributed by atoms with Gasteiger partial charge in [0, 0.05) is 10.9 Å². The molecule has 0 N–H and O–H groups in total. The fourth-order valence-electron chi connectivity index (χ4n) is 1.98. The normalized spacial score (nSPS) is 10.9. The third-order valence-corrected chi connectivity index (χ3v) is 3.27. The van der Waals surface area contributed by atoms with Gasteiger partial charge in [0.25, 0.3) is 0 Å². The molecule has 0 atom stereocenters. The van der Waals surface area contributed by atoms with Crippen molar-refractivity contribution < 1.29 is 8.78 Å². The summed E-state index contributed by atoms with van der Waals surface area (Å²) in [6, 6.07) is 12.8. The zero-order valence-corrected chi connectivity index (χ0v) is 10.5. The number of hydrogen-bond donors (Lipinski definition) is 0. The summed E-state index contributed by atoms with van der Waals surface area (Å²) >= 11 is 6.00. The van der Waals surface area contributed by atoms with Crippen LogP contribution in [0.15, 0.2) is 48.5 Å². The Morgan fingerprint density at radius 3 is 2.37 bits per heavy atom. The summed E-state index contributed by atoms with van der Waals surface area (Å²) in [6.07, 6.45) is 0. The van der Waals surface area contributed by atoms with E-state index < -0.39 is 11.6 Å². The Kier molecular flexibility index (Phi) is 2.91. The summed E-state index contributed by atoms with van der Waals surface area (Å²) < 4.78 is 28.0. The zero-order chi connectivity index (χ0) is 13.4. The molecule has 0 saturated carbocycles. The van der Waals surface area contributed by atoms with E-state index in [0.717, 1.165) is 0 Å². The number of pyridine rings is 1. The molecular weight excluding hydrogens is 268 g/mol. The molecule has 1 aromatic heterocycles. The highest BCUT2D eigenvalue weighted by molar-refractivity contribution is 6.35. The van der Waals surface area contributed by atoms with Gasteiger partial charge in [0.1, 0.15) is 11.5 Å². The lowest BCUT2D eigenvalue weighted by Crippen LogP contribution is -1.95. The van der Waals surface area contributed by atoms with Gasteiger partial charge in [0.2, 0.25) is 0 Å². The van der Waals surface area contributed by atoms with Gasteiger partial charge in [-0.25, -0.2) is 13.8 Å². The van der Waals surface area contributed by atoms with E-state index in [1.165, 1.54) is 12.1 Å². The number of nitrogens with zero attached hydrogens (tertiary/aromatic N) is 1. The van der Waals surface area contributed by atoms with Gasteiger partial charge in [-0.05, 0) is 18.2 Å². The lowest BCUT2D eigenvalue weighted by Gasteiger charge is -2.08. The maximum atomic E-state index is 14.2. The third kappa shape index (κ3) is 1.96. The molecule has 0 saturated heterocycles. The fourth-order valence-corrected chi connectivity index (χ4v) is 2.23. The molecule has 0 unspecified atom stereocenters. The van der Waals surface area contributed by atoms with Crippen molar-refractivity contribution in [2.45, 2.75) is 0 Å². The highest BCUT2D eigenvalue weighted by Gasteiger charge is 2.17. The van der Waals surface area contributed by atoms with Gasteiger partial charge in [0.05, 0.1) is 10.5 Å². The Balaban J connectivity index is 2.37. The van der Waals surface area contributed by atoms with Crippen molar-refractivity contribution in [2.24, 2.45) is 0 Å². The van der Waals surface area contributed by atoms with Gasteiger partial charge in [-0.2, -0.15) is 0 Å². The second-order valence-corrected chi connectivity index (χ2v) is 4.46. The predicted octanol–water partition coefficient (Wildman–Crippen LogP) is 4.83. The first-order valence-corrected chi connectivity index (χ1v) is 6.05. The van der Waals surface area contributed by atoms with Gasteiger partial charge in [0.15, 0.2) is 5.82 Å². The Hall–Kier alpha value is -2.00. The van der Waals surface area contributed by atoms with Crippen molar-refractivity contribution in [1.29, 1.82) is 0 Å². The second-order valence-electron chi connectivity index (χ2n) is 4.09. The van der Waals surface area contributed by atoms with Gasteiger partial charge >= 0.3 is 0 Å². The molecule has 2 aromatic carbocycles. The fraction of sp³-hybridized carbons (Fsp3) is 0. The van der Waals surface area contributed by atoms with Crippen LogP contribution in [0.25, 0.3) is 22.2 Å². The highest BCUT2D eigenvalue weighted by atomic mass is 35.5. The Morgan fingerprint density at radius 2 is 1.58 bits per heavy atom. The molecule has 4 heteroatoms. The third-order valence-electron chi connectivity index (χ3n) is 2.90. The summed E-state index contributed by atoms with van der Waals surface area (Å²) in [5.41, 5.74) is 0.571. The van der Waals surface area contributed by atoms with Crippen molar-refractivity contribution in [3.05, 3.63) is 65.2 Å². The van der Waals surface area contributed by atoms with Gasteiger partial charge in [-0.3, -0.25) is 0 Å². The van der Waals surface area contributed by atoms with Crippen molar-refractivity contribution >= 4 is 22.5 Å². The van der Waals surface area contributed by atoms with Gasteiger partial charge < -0.3 is 0 Å². The van der Waals surface area contributed by atoms with Crippen LogP contribution in [0.4, 0.5) is 8.78 Å². The van der Waals surface area contributed by atoms with Crippen molar-refractivity contribution in [3.63, 3.8) is 0 Å². The quantitative estimate of drug-likeness (QED) is 0.620. The molecule has 0 fully saturated rings. The lowest BCUT2D eigenvalue weighted by molar-refractivity contribution is 0.613. The van der Waals surface area contributed by atoms with E-state index in [2.05, 4.69) is 4.98 Å². The first-order valence-electron chi connectivity index (χ1n) is 5.67. The number of para-hydroxylation sites is 1. The molecule has 3 aromatic rings. The predicted molar refractivity (Wildman–Crippen MR) is 72.1 cm³/mol. The topological polar surface area (TPSA) is 12.9 Å². The monoisotopic (exact) mass is 275 g/mol. The molecule has 1 heterocycles. The van der Waals surface area contributed by atoms with E-state index in [4.69, 9.17) is 11.6 Å². The van der Waals surface area contributed by atoms with Crippen molar-refractivity contribution in [3.8, 4) is 11.3 Å². The van der Waals surface area contributed by atoms with Crippen LogP contribution in [0, 0.1) is 11.6 Å². The second kappa shape index (κ2) is 4.59. The average Bonchev–Trinajstić information content (AvgIpc) is 2.44. The number of fused-ring (bicyclic) bond motifs is 1. The average molecular weight is 276 g/mol. The molecule has 0 spiro atoms. The standard InChI is InChI=1S/C15H8ClF2N/c16-13-10-6-2-4-8-12(10)19-15(14(13)18)9-5-1-3-7-11(9)17/h1-8H. The molecule has 0 aliphatic heterocycles. The Labute approximate surface area is 113 Å². The minimum atomic E-state index is -0.703. The van der Waals surface area contributed by atoms with Crippen LogP contribution in [0.2, 0.25) is 5.02 Å². The number of rotatable bonds is 1. The van der Waals surface area contributed by atoms with Crippen molar-refractivity contribution in [2.75, 3.05) is 0 Å². The van der Waals surface area contributed by atoms with Gasteiger partial charge in [-0.15, -0.1) is 0 Å². The van der Waals surface area contributed by atoms with E-state index >= 15 is 0 Å². The van der Waals surface area contributed by atoms with E-state index in [9.17, 15) is 8.78 Å². The van der Waals surface area contributed by atoms with E-state index in [0.29, 0.717) is 10.9 Å². The summed E-state index contributed by atoms with van der Waals surface area (Å²) in [5.74, 6) is -1.23. The zero-order valence-electron chi connectivity index (χ0n) is 9.70. The summed E-state index contributed by atoms with van der Waals surface area (Å²) in [6.45, 7) is 0. The molecule has 0 bridgehead atoms. The molecule has 0 amide bonds. The Bertz CT molecular complexity index is 771. The number of benzene rings is 2. The van der Waals surface area contributed by atoms with Crippen LogP contribution in [0.5, 0.6) is 0 Å². The summed E-state index contributed by atoms with van der Waals surface area (Å²) in [7, 11) is 0. The molecule has 1 nitrogen and oxygen atoms in total. The number of halogens is 3. The summed E-state index contributed by atoms with van der Waals surface area (Å²) in [5, 5.41) is 0.477. The number of hydrogen-bond acceptors (Lipinski definition) is 1. The van der Waals surface area contributed by atoms with Crippen molar-refractivity contribution in [1.82, 2.24) is 4.98 Å². The van der Waals surface area contributed by atoms with Crippen LogP contribution in [0.3, 0.4) is 0 Å². The minimum absolute atomic E-state index is 0.0381. The van der Waals surface area contributed by atoms with Gasteiger partial charge in [-0.1, -0.05) is 41.9 Å². The molecule has 94 valence electrons. The highest BCUT2D eigenvalue weighted by Crippen LogP contribution is 2.32. The summed E-state index contributed by atoms with van der Waals surface area (Å²) in [4.78, 5) is 4.17. The van der Waals surface area contributed by atoms with Crippen LogP contribution in [0.1, 0.15) is 0 Å². The molecule has 19 heavy (non-hydrogen) atoms. The molecule has 0 radical (unpaired) electrons. The molecule has 0 aliphatic carbocycles. The van der Waals surface area contributed by atoms with Crippen LogP contribution in [-0.4, -0.2) is 4.98 Å². The molecule has 3 rings (SSSR count). The number of aromatic nitrogens is 1. The minimum Gasteiger partial charge on any atom is -0.244 e. The molecular formula is C15H8ClF2N. The smallest absolute Gasteiger partial charge is 0.168 e. The van der Waals surface area contributed by atoms with Crippen LogP contribution < -0.4 is 0 Å².